The Morgan fingerprint density at radius 3 is 2.93 bits per heavy atom. The third kappa shape index (κ3) is 4.05. The second-order valence-corrected chi connectivity index (χ2v) is 8.59. The van der Waals surface area contributed by atoms with Crippen LogP contribution >= 0.6 is 11.8 Å². The van der Waals surface area contributed by atoms with Crippen molar-refractivity contribution in [1.29, 1.82) is 0 Å². The van der Waals surface area contributed by atoms with Gasteiger partial charge in [0, 0.05) is 40.0 Å². The van der Waals surface area contributed by atoms with Crippen molar-refractivity contribution >= 4 is 45.8 Å². The minimum Gasteiger partial charge on any atom is -0.347 e. The van der Waals surface area contributed by atoms with Crippen LogP contribution in [-0.4, -0.2) is 31.9 Å². The van der Waals surface area contributed by atoms with Gasteiger partial charge in [-0.15, -0.1) is 0 Å². The van der Waals surface area contributed by atoms with Crippen molar-refractivity contribution in [3.63, 3.8) is 0 Å². The molecule has 4 aromatic rings. The SMILES string of the molecule is CCn1cc(/C=N\NC(=O)c2ccc3nc(SC(C)C)[nH]c3c2)c2ccccc21. The molecule has 0 aliphatic carbocycles. The average molecular weight is 406 g/mol. The molecule has 29 heavy (non-hydrogen) atoms. The Kier molecular flexibility index (Phi) is 5.40. The smallest absolute Gasteiger partial charge is 0.271 e. The molecular formula is C22H23N5OS. The Morgan fingerprint density at radius 2 is 2.14 bits per heavy atom. The molecule has 4 rings (SSSR count). The van der Waals surface area contributed by atoms with Crippen molar-refractivity contribution in [3.05, 3.63) is 59.8 Å². The molecule has 0 spiro atoms. The number of imidazole rings is 1. The van der Waals surface area contributed by atoms with Gasteiger partial charge in [-0.1, -0.05) is 43.8 Å². The normalized spacial score (nSPS) is 11.9. The highest BCUT2D eigenvalue weighted by atomic mass is 32.2. The number of hydrogen-bond acceptors (Lipinski definition) is 4. The highest BCUT2D eigenvalue weighted by Crippen LogP contribution is 2.23. The van der Waals surface area contributed by atoms with Crippen LogP contribution in [-0.2, 0) is 6.54 Å². The van der Waals surface area contributed by atoms with Gasteiger partial charge in [0.15, 0.2) is 5.16 Å². The summed E-state index contributed by atoms with van der Waals surface area (Å²) in [5.74, 6) is -0.255. The number of benzene rings is 2. The van der Waals surface area contributed by atoms with Gasteiger partial charge in [0.1, 0.15) is 0 Å². The second kappa shape index (κ2) is 8.13. The zero-order valence-electron chi connectivity index (χ0n) is 16.6. The van der Waals surface area contributed by atoms with Crippen LogP contribution in [0, 0.1) is 0 Å². The molecule has 7 heteroatoms. The van der Waals surface area contributed by atoms with Crippen LogP contribution in [0.15, 0.2) is 58.9 Å². The Bertz CT molecular complexity index is 1200. The first-order valence-corrected chi connectivity index (χ1v) is 10.5. The number of aromatic amines is 1. The maximum atomic E-state index is 12.5. The van der Waals surface area contributed by atoms with Gasteiger partial charge in [0.05, 0.1) is 17.2 Å². The van der Waals surface area contributed by atoms with Crippen molar-refractivity contribution in [1.82, 2.24) is 20.0 Å². The number of nitrogens with zero attached hydrogens (tertiary/aromatic N) is 3. The fourth-order valence-electron chi connectivity index (χ4n) is 3.27. The zero-order chi connectivity index (χ0) is 20.4. The molecular weight excluding hydrogens is 382 g/mol. The number of rotatable bonds is 6. The monoisotopic (exact) mass is 405 g/mol. The molecule has 0 atom stereocenters. The van der Waals surface area contributed by atoms with E-state index in [1.807, 2.05) is 24.4 Å². The lowest BCUT2D eigenvalue weighted by molar-refractivity contribution is 0.0955. The topological polar surface area (TPSA) is 75.1 Å². The number of fused-ring (bicyclic) bond motifs is 2. The predicted molar refractivity (Wildman–Crippen MR) is 120 cm³/mol. The van der Waals surface area contributed by atoms with Crippen LogP contribution in [0.3, 0.4) is 0 Å². The van der Waals surface area contributed by atoms with Gasteiger partial charge in [-0.25, -0.2) is 10.4 Å². The molecule has 148 valence electrons. The molecule has 0 fully saturated rings. The summed E-state index contributed by atoms with van der Waals surface area (Å²) in [6.07, 6.45) is 3.74. The molecule has 0 radical (unpaired) electrons. The number of aryl methyl sites for hydroxylation is 1. The standard InChI is InChI=1S/C22H23N5OS/c1-4-27-13-16(17-7-5-6-8-20(17)27)12-23-26-21(28)15-9-10-18-19(11-15)25-22(24-18)29-14(2)3/h5-14H,4H2,1-3H3,(H,24,25)(H,26,28)/b23-12-. The van der Waals surface area contributed by atoms with Gasteiger partial charge in [-0.2, -0.15) is 5.10 Å². The Balaban J connectivity index is 1.51. The zero-order valence-corrected chi connectivity index (χ0v) is 17.5. The van der Waals surface area contributed by atoms with E-state index in [1.54, 1.807) is 30.1 Å². The van der Waals surface area contributed by atoms with E-state index in [0.29, 0.717) is 10.8 Å². The Labute approximate surface area is 173 Å². The van der Waals surface area contributed by atoms with Crippen LogP contribution in [0.5, 0.6) is 0 Å². The Morgan fingerprint density at radius 1 is 1.31 bits per heavy atom. The van der Waals surface area contributed by atoms with E-state index in [-0.39, 0.29) is 5.91 Å². The molecule has 0 saturated carbocycles. The third-order valence-corrected chi connectivity index (χ3v) is 5.49. The van der Waals surface area contributed by atoms with E-state index < -0.39 is 0 Å². The first-order valence-electron chi connectivity index (χ1n) is 9.63. The quantitative estimate of drug-likeness (QED) is 0.275. The summed E-state index contributed by atoms with van der Waals surface area (Å²) in [7, 11) is 0. The van der Waals surface area contributed by atoms with Gasteiger partial charge < -0.3 is 9.55 Å². The number of carbonyl (C=O) groups excluding carboxylic acids is 1. The van der Waals surface area contributed by atoms with Gasteiger partial charge in [0.2, 0.25) is 0 Å². The maximum Gasteiger partial charge on any atom is 0.271 e. The molecule has 2 heterocycles. The minimum atomic E-state index is -0.255. The fourth-order valence-corrected chi connectivity index (χ4v) is 4.04. The van der Waals surface area contributed by atoms with Crippen LogP contribution in [0.4, 0.5) is 0 Å². The van der Waals surface area contributed by atoms with Gasteiger partial charge in [-0.05, 0) is 31.2 Å². The average Bonchev–Trinajstić information content (AvgIpc) is 3.27. The molecule has 1 amide bonds. The maximum absolute atomic E-state index is 12.5. The van der Waals surface area contributed by atoms with Crippen LogP contribution in [0.2, 0.25) is 0 Å². The molecule has 2 N–H and O–H groups in total. The second-order valence-electron chi connectivity index (χ2n) is 7.03. The number of carbonyl (C=O) groups is 1. The summed E-state index contributed by atoms with van der Waals surface area (Å²) in [6.45, 7) is 7.22. The molecule has 0 bridgehead atoms. The van der Waals surface area contributed by atoms with E-state index in [0.717, 1.165) is 39.2 Å². The molecule has 0 aliphatic heterocycles. The third-order valence-electron chi connectivity index (χ3n) is 4.60. The molecule has 2 aromatic heterocycles. The molecule has 6 nitrogen and oxygen atoms in total. The number of para-hydroxylation sites is 1. The van der Waals surface area contributed by atoms with Gasteiger partial charge in [-0.3, -0.25) is 4.79 Å². The van der Waals surface area contributed by atoms with Crippen molar-refractivity contribution < 1.29 is 4.79 Å². The summed E-state index contributed by atoms with van der Waals surface area (Å²) in [6, 6.07) is 13.6. The summed E-state index contributed by atoms with van der Waals surface area (Å²) in [5, 5.41) is 6.58. The molecule has 0 unspecified atom stereocenters. The predicted octanol–water partition coefficient (Wildman–Crippen LogP) is 4.80. The summed E-state index contributed by atoms with van der Waals surface area (Å²) in [4.78, 5) is 20.3. The number of hydrogen-bond donors (Lipinski definition) is 2. The van der Waals surface area contributed by atoms with E-state index in [1.165, 1.54) is 0 Å². The van der Waals surface area contributed by atoms with Crippen molar-refractivity contribution in [3.8, 4) is 0 Å². The highest BCUT2D eigenvalue weighted by molar-refractivity contribution is 7.99. The van der Waals surface area contributed by atoms with E-state index >= 15 is 0 Å². The lowest BCUT2D eigenvalue weighted by Crippen LogP contribution is -2.17. The molecule has 0 aliphatic rings. The number of nitrogens with one attached hydrogen (secondary N) is 2. The first-order chi connectivity index (χ1) is 14.0. The number of amides is 1. The number of aromatic nitrogens is 3. The minimum absolute atomic E-state index is 0.255. The molecule has 2 aromatic carbocycles. The number of hydrazone groups is 1. The largest absolute Gasteiger partial charge is 0.347 e. The fraction of sp³-hybridized carbons (Fsp3) is 0.227. The number of H-pyrrole nitrogens is 1. The van der Waals surface area contributed by atoms with E-state index in [4.69, 9.17) is 0 Å². The highest BCUT2D eigenvalue weighted by Gasteiger charge is 2.10. The van der Waals surface area contributed by atoms with Crippen LogP contribution in [0.1, 0.15) is 36.7 Å². The molecule has 0 saturated heterocycles. The van der Waals surface area contributed by atoms with E-state index in [9.17, 15) is 4.79 Å². The van der Waals surface area contributed by atoms with Crippen molar-refractivity contribution in [2.24, 2.45) is 5.10 Å². The van der Waals surface area contributed by atoms with Crippen LogP contribution < -0.4 is 5.43 Å². The van der Waals surface area contributed by atoms with Gasteiger partial charge in [0.25, 0.3) is 5.91 Å². The van der Waals surface area contributed by atoms with Crippen LogP contribution in [0.25, 0.3) is 21.9 Å². The number of thioether (sulfide) groups is 1. The lowest BCUT2D eigenvalue weighted by Gasteiger charge is -1.99. The van der Waals surface area contributed by atoms with Crippen molar-refractivity contribution in [2.75, 3.05) is 0 Å². The summed E-state index contributed by atoms with van der Waals surface area (Å²) >= 11 is 1.66. The summed E-state index contributed by atoms with van der Waals surface area (Å²) < 4.78 is 2.16. The lowest BCUT2D eigenvalue weighted by atomic mass is 10.2. The summed E-state index contributed by atoms with van der Waals surface area (Å²) in [5.41, 5.74) is 6.98. The first kappa shape index (κ1) is 19.3. The van der Waals surface area contributed by atoms with E-state index in [2.05, 4.69) is 58.0 Å². The van der Waals surface area contributed by atoms with Crippen molar-refractivity contribution in [2.45, 2.75) is 37.7 Å². The Hall–Kier alpha value is -3.06. The van der Waals surface area contributed by atoms with Gasteiger partial charge >= 0.3 is 0 Å².